The minimum Gasteiger partial charge on any atom is -0.376 e. The fourth-order valence-electron chi connectivity index (χ4n) is 6.96. The van der Waals surface area contributed by atoms with Crippen LogP contribution in [0.4, 0.5) is 0 Å². The van der Waals surface area contributed by atoms with Gasteiger partial charge in [-0.05, 0) is 25.0 Å². The highest BCUT2D eigenvalue weighted by molar-refractivity contribution is 6.13. The van der Waals surface area contributed by atoms with Gasteiger partial charge in [-0.15, -0.1) is 0 Å². The maximum atomic E-state index is 14.6. The summed E-state index contributed by atoms with van der Waals surface area (Å²) in [6, 6.07) is 19.8. The zero-order chi connectivity index (χ0) is 26.3. The molecule has 0 bridgehead atoms. The number of Topliss-reactive ketones (excluding diaryl/α,β-unsaturated/α-hetero) is 2. The Morgan fingerprint density at radius 1 is 0.919 bits per heavy atom. The van der Waals surface area contributed by atoms with Crippen LogP contribution in [-0.2, 0) is 41.8 Å². The molecule has 5 rings (SSSR count). The molecule has 2 saturated carbocycles. The van der Waals surface area contributed by atoms with Gasteiger partial charge in [0.2, 0.25) is 0 Å². The molecule has 2 aliphatic carbocycles. The summed E-state index contributed by atoms with van der Waals surface area (Å²) in [7, 11) is 0. The second-order valence-corrected chi connectivity index (χ2v) is 11.0. The minimum absolute atomic E-state index is 0.0584. The van der Waals surface area contributed by atoms with Gasteiger partial charge >= 0.3 is 0 Å². The Bertz CT molecular complexity index is 1180. The van der Waals surface area contributed by atoms with Gasteiger partial charge in [0.25, 0.3) is 0 Å². The lowest BCUT2D eigenvalue weighted by Crippen LogP contribution is -2.56. The molecule has 6 heteroatoms. The summed E-state index contributed by atoms with van der Waals surface area (Å²) in [4.78, 5) is 27.8. The van der Waals surface area contributed by atoms with Crippen LogP contribution in [0.1, 0.15) is 44.7 Å². The van der Waals surface area contributed by atoms with Crippen molar-refractivity contribution >= 4 is 11.6 Å². The first-order valence-electron chi connectivity index (χ1n) is 13.0. The lowest BCUT2D eigenvalue weighted by Gasteiger charge is -2.48. The largest absolute Gasteiger partial charge is 0.376 e. The van der Waals surface area contributed by atoms with Crippen molar-refractivity contribution in [2.75, 3.05) is 19.8 Å². The number of carbonyl (C=O) groups excluding carboxylic acids is 2. The molecule has 6 nitrogen and oxygen atoms in total. The molecular formula is C31H36O6. The highest BCUT2D eigenvalue weighted by Gasteiger charge is 2.86. The average molecular weight is 505 g/mol. The van der Waals surface area contributed by atoms with Crippen LogP contribution in [0, 0.1) is 16.2 Å². The predicted molar refractivity (Wildman–Crippen MR) is 138 cm³/mol. The van der Waals surface area contributed by atoms with Gasteiger partial charge in [0.15, 0.2) is 17.9 Å². The van der Waals surface area contributed by atoms with E-state index in [2.05, 4.69) is 6.58 Å². The Labute approximate surface area is 218 Å². The van der Waals surface area contributed by atoms with Crippen LogP contribution in [-0.4, -0.2) is 43.3 Å². The van der Waals surface area contributed by atoms with Crippen molar-refractivity contribution in [3.63, 3.8) is 0 Å². The highest BCUT2D eigenvalue weighted by Crippen LogP contribution is 2.76. The monoisotopic (exact) mass is 504 g/mol. The minimum atomic E-state index is -1.15. The van der Waals surface area contributed by atoms with Crippen molar-refractivity contribution in [1.82, 2.24) is 0 Å². The molecular weight excluding hydrogens is 468 g/mol. The van der Waals surface area contributed by atoms with Crippen LogP contribution < -0.4 is 0 Å². The summed E-state index contributed by atoms with van der Waals surface area (Å²) < 4.78 is 25.1. The molecule has 0 radical (unpaired) electrons. The normalized spacial score (nSPS) is 34.7. The van der Waals surface area contributed by atoms with Crippen molar-refractivity contribution < 1.29 is 28.5 Å². The summed E-state index contributed by atoms with van der Waals surface area (Å²) in [5, 5.41) is 0. The lowest BCUT2D eigenvalue weighted by atomic mass is 9.61. The molecule has 0 amide bonds. The molecule has 0 unspecified atom stereocenters. The quantitative estimate of drug-likeness (QED) is 0.422. The SMILES string of the molecule is C=C1C(=O)C[C@@]23O[C@H](OCC)C[C@@]12C(=O)[C@@](C)(COCc1ccccc1)[C@@]3(C)COCc1ccccc1. The molecule has 1 heterocycles. The molecule has 0 aromatic heterocycles. The van der Waals surface area contributed by atoms with Crippen LogP contribution in [0.15, 0.2) is 72.8 Å². The average Bonchev–Trinajstić information content (AvgIpc) is 3.37. The van der Waals surface area contributed by atoms with Crippen molar-refractivity contribution in [2.24, 2.45) is 16.2 Å². The molecule has 3 fully saturated rings. The van der Waals surface area contributed by atoms with E-state index in [4.69, 9.17) is 18.9 Å². The third kappa shape index (κ3) is 3.68. The summed E-state index contributed by atoms with van der Waals surface area (Å²) in [5.41, 5.74) is -1.70. The number of hydrogen-bond donors (Lipinski definition) is 0. The Kier molecular flexibility index (Phi) is 6.73. The van der Waals surface area contributed by atoms with E-state index in [1.54, 1.807) is 0 Å². The van der Waals surface area contributed by atoms with Crippen molar-refractivity contribution in [3.05, 3.63) is 83.9 Å². The fraction of sp³-hybridized carbons (Fsp3) is 0.484. The van der Waals surface area contributed by atoms with E-state index in [1.807, 2.05) is 81.4 Å². The van der Waals surface area contributed by atoms with E-state index in [-0.39, 0.29) is 37.6 Å². The molecule has 5 atom stereocenters. The van der Waals surface area contributed by atoms with Crippen LogP contribution in [0.5, 0.6) is 0 Å². The maximum Gasteiger partial charge on any atom is 0.162 e. The summed E-state index contributed by atoms with van der Waals surface area (Å²) in [5.74, 6) is -0.179. The highest BCUT2D eigenvalue weighted by atomic mass is 16.7. The number of ketones is 2. The predicted octanol–water partition coefficient (Wildman–Crippen LogP) is 5.05. The standard InChI is InChI=1S/C31H36O6/c1-5-36-26-17-30-22(2)25(32)16-31(30,37-26)29(4,21-35-19-24-14-10-7-11-15-24)28(3,27(30)33)20-34-18-23-12-8-6-9-13-23/h6-15,26H,2,5,16-21H2,1,3-4H3/t26-,28+,29+,30-,31-/m0/s1. The second kappa shape index (κ2) is 9.59. The number of hydrogen-bond acceptors (Lipinski definition) is 6. The maximum absolute atomic E-state index is 14.6. The number of ether oxygens (including phenoxy) is 4. The molecule has 2 aromatic rings. The van der Waals surface area contributed by atoms with Gasteiger partial charge in [0.05, 0.1) is 37.3 Å². The van der Waals surface area contributed by atoms with E-state index in [0.717, 1.165) is 11.1 Å². The first-order chi connectivity index (χ1) is 17.7. The van der Waals surface area contributed by atoms with Crippen LogP contribution in [0.25, 0.3) is 0 Å². The number of carbonyl (C=O) groups is 2. The van der Waals surface area contributed by atoms with Gasteiger partial charge < -0.3 is 18.9 Å². The molecule has 1 aliphatic heterocycles. The van der Waals surface area contributed by atoms with Gasteiger partial charge in [-0.25, -0.2) is 0 Å². The van der Waals surface area contributed by atoms with Crippen LogP contribution in [0.2, 0.25) is 0 Å². The smallest absolute Gasteiger partial charge is 0.162 e. The van der Waals surface area contributed by atoms with Gasteiger partial charge in [-0.3, -0.25) is 9.59 Å². The van der Waals surface area contributed by atoms with E-state index in [1.165, 1.54) is 0 Å². The van der Waals surface area contributed by atoms with E-state index in [0.29, 0.717) is 25.4 Å². The molecule has 0 N–H and O–H groups in total. The zero-order valence-electron chi connectivity index (χ0n) is 22.0. The van der Waals surface area contributed by atoms with Crippen LogP contribution in [0.3, 0.4) is 0 Å². The Morgan fingerprint density at radius 3 is 2.05 bits per heavy atom. The van der Waals surface area contributed by atoms with Gasteiger partial charge in [0, 0.05) is 30.4 Å². The fourth-order valence-corrected chi connectivity index (χ4v) is 6.96. The Hall–Kier alpha value is -2.64. The van der Waals surface area contributed by atoms with Gasteiger partial charge in [-0.2, -0.15) is 0 Å². The first-order valence-corrected chi connectivity index (χ1v) is 13.0. The van der Waals surface area contributed by atoms with Crippen molar-refractivity contribution in [2.45, 2.75) is 58.7 Å². The molecule has 2 aromatic carbocycles. The number of benzene rings is 2. The third-order valence-corrected chi connectivity index (χ3v) is 9.11. The summed E-state index contributed by atoms with van der Waals surface area (Å²) in [6.07, 6.45) is -0.213. The second-order valence-electron chi connectivity index (χ2n) is 11.0. The van der Waals surface area contributed by atoms with Crippen molar-refractivity contribution in [3.8, 4) is 0 Å². The third-order valence-electron chi connectivity index (χ3n) is 9.11. The Balaban J connectivity index is 1.51. The van der Waals surface area contributed by atoms with Gasteiger partial charge in [-0.1, -0.05) is 74.2 Å². The summed E-state index contributed by atoms with van der Waals surface area (Å²) in [6.45, 7) is 11.6. The van der Waals surface area contributed by atoms with Crippen LogP contribution >= 0.6 is 0 Å². The molecule has 0 spiro atoms. The molecule has 1 saturated heterocycles. The number of rotatable bonds is 10. The first kappa shape index (κ1) is 26.0. The molecule has 3 aliphatic rings. The van der Waals surface area contributed by atoms with Gasteiger partial charge in [0.1, 0.15) is 5.60 Å². The molecule has 196 valence electrons. The van der Waals surface area contributed by atoms with E-state index >= 15 is 0 Å². The lowest BCUT2D eigenvalue weighted by molar-refractivity contribution is -0.232. The van der Waals surface area contributed by atoms with E-state index in [9.17, 15) is 9.59 Å². The van der Waals surface area contributed by atoms with E-state index < -0.39 is 28.1 Å². The Morgan fingerprint density at radius 2 is 1.49 bits per heavy atom. The van der Waals surface area contributed by atoms with Crippen molar-refractivity contribution in [1.29, 1.82) is 0 Å². The summed E-state index contributed by atoms with van der Waals surface area (Å²) >= 11 is 0. The molecule has 37 heavy (non-hydrogen) atoms. The zero-order valence-corrected chi connectivity index (χ0v) is 22.0. The topological polar surface area (TPSA) is 71.1 Å².